The number of hydrogen-bond acceptors (Lipinski definition) is 1. The molecule has 2 heteroatoms. The molecule has 2 rings (SSSR count). The third-order valence-electron chi connectivity index (χ3n) is 2.37. The zero-order chi connectivity index (χ0) is 6.32. The minimum absolute atomic E-state index is 0.341. The zero-order valence-electron chi connectivity index (χ0n) is 5.40. The van der Waals surface area contributed by atoms with E-state index in [0.717, 1.165) is 11.4 Å². The topological polar surface area (TPSA) is 9.23 Å². The molecular weight excluding hydrogens is 180 g/mol. The van der Waals surface area contributed by atoms with Crippen LogP contribution < -0.4 is 0 Å². The van der Waals surface area contributed by atoms with E-state index in [4.69, 9.17) is 4.74 Å². The Morgan fingerprint density at radius 2 is 2.22 bits per heavy atom. The molecule has 9 heavy (non-hydrogen) atoms. The minimum atomic E-state index is 0.341. The van der Waals surface area contributed by atoms with Crippen molar-refractivity contribution in [2.24, 2.45) is 0 Å². The minimum Gasteiger partial charge on any atom is -0.375 e. The lowest BCUT2D eigenvalue weighted by Gasteiger charge is -2.41. The summed E-state index contributed by atoms with van der Waals surface area (Å²) in [6, 6.07) is 0. The Kier molecular flexibility index (Phi) is 1.34. The molecule has 0 unspecified atom stereocenters. The van der Waals surface area contributed by atoms with E-state index in [9.17, 15) is 0 Å². The van der Waals surface area contributed by atoms with Crippen molar-refractivity contribution in [3.63, 3.8) is 0 Å². The van der Waals surface area contributed by atoms with Crippen LogP contribution in [0.4, 0.5) is 0 Å². The quantitative estimate of drug-likeness (QED) is 0.532. The maximum absolute atomic E-state index is 5.62. The van der Waals surface area contributed by atoms with E-state index in [1.165, 1.54) is 25.7 Å². The van der Waals surface area contributed by atoms with Crippen molar-refractivity contribution < 1.29 is 4.74 Å². The molecule has 1 saturated carbocycles. The molecule has 0 amide bonds. The van der Waals surface area contributed by atoms with Crippen molar-refractivity contribution >= 4 is 15.9 Å². The lowest BCUT2D eigenvalue weighted by molar-refractivity contribution is -0.0506. The van der Waals surface area contributed by atoms with Crippen molar-refractivity contribution in [1.82, 2.24) is 0 Å². The van der Waals surface area contributed by atoms with E-state index in [0.29, 0.717) is 5.60 Å². The summed E-state index contributed by atoms with van der Waals surface area (Å²) < 4.78 is 5.62. The normalized spacial score (nSPS) is 49.7. The third-order valence-corrected chi connectivity index (χ3v) is 3.02. The van der Waals surface area contributed by atoms with Gasteiger partial charge in [-0.05, 0) is 25.7 Å². The summed E-state index contributed by atoms with van der Waals surface area (Å²) in [7, 11) is 0. The van der Waals surface area contributed by atoms with Crippen molar-refractivity contribution in [2.45, 2.75) is 36.1 Å². The van der Waals surface area contributed by atoms with Gasteiger partial charge in [0.05, 0.1) is 5.60 Å². The molecule has 1 aliphatic carbocycles. The fraction of sp³-hybridized carbons (Fsp3) is 1.00. The summed E-state index contributed by atoms with van der Waals surface area (Å²) in [5.41, 5.74) is 0.341. The Morgan fingerprint density at radius 1 is 1.44 bits per heavy atom. The number of ether oxygens (including phenoxy) is 1. The molecule has 0 aromatic carbocycles. The largest absolute Gasteiger partial charge is 0.375 e. The first-order chi connectivity index (χ1) is 4.31. The molecule has 1 saturated heterocycles. The Bertz CT molecular complexity index is 110. The SMILES string of the molecule is BrC1CC2(CCCO2)C1. The first kappa shape index (κ1) is 6.17. The number of halogens is 1. The monoisotopic (exact) mass is 190 g/mol. The van der Waals surface area contributed by atoms with Gasteiger partial charge < -0.3 is 4.74 Å². The van der Waals surface area contributed by atoms with E-state index in [-0.39, 0.29) is 0 Å². The molecule has 0 N–H and O–H groups in total. The number of rotatable bonds is 0. The van der Waals surface area contributed by atoms with Gasteiger partial charge in [-0.15, -0.1) is 0 Å². The van der Waals surface area contributed by atoms with Crippen LogP contribution in [-0.2, 0) is 4.74 Å². The van der Waals surface area contributed by atoms with E-state index < -0.39 is 0 Å². The number of hydrogen-bond donors (Lipinski definition) is 0. The van der Waals surface area contributed by atoms with Gasteiger partial charge >= 0.3 is 0 Å². The van der Waals surface area contributed by atoms with Crippen LogP contribution in [0.1, 0.15) is 25.7 Å². The smallest absolute Gasteiger partial charge is 0.0704 e. The molecule has 0 bridgehead atoms. The maximum atomic E-state index is 5.62. The summed E-state index contributed by atoms with van der Waals surface area (Å²) in [6.07, 6.45) is 5.06. The zero-order valence-corrected chi connectivity index (χ0v) is 6.99. The van der Waals surface area contributed by atoms with Crippen LogP contribution in [0.5, 0.6) is 0 Å². The molecule has 1 aliphatic heterocycles. The van der Waals surface area contributed by atoms with Crippen LogP contribution >= 0.6 is 15.9 Å². The van der Waals surface area contributed by atoms with Gasteiger partial charge in [0, 0.05) is 11.4 Å². The highest BCUT2D eigenvalue weighted by atomic mass is 79.9. The summed E-state index contributed by atoms with van der Waals surface area (Å²) in [5, 5.41) is 0. The molecule has 2 fully saturated rings. The van der Waals surface area contributed by atoms with Crippen LogP contribution in [-0.4, -0.2) is 17.0 Å². The Labute approximate surface area is 63.9 Å². The third kappa shape index (κ3) is 0.926. The predicted octanol–water partition coefficient (Wildman–Crippen LogP) is 2.09. The van der Waals surface area contributed by atoms with Gasteiger partial charge in [-0.3, -0.25) is 0 Å². The number of alkyl halides is 1. The molecule has 2 aliphatic rings. The first-order valence-corrected chi connectivity index (χ1v) is 4.50. The van der Waals surface area contributed by atoms with Crippen LogP contribution in [0.15, 0.2) is 0 Å². The van der Waals surface area contributed by atoms with Gasteiger partial charge in [0.15, 0.2) is 0 Å². The van der Waals surface area contributed by atoms with Gasteiger partial charge in [0.2, 0.25) is 0 Å². The standard InChI is InChI=1S/C7H11BrO/c8-6-4-7(5-6)2-1-3-9-7/h6H,1-5H2. The highest BCUT2D eigenvalue weighted by molar-refractivity contribution is 9.09. The summed E-state index contributed by atoms with van der Waals surface area (Å²) in [6.45, 7) is 1.000. The molecule has 0 aromatic rings. The molecule has 1 nitrogen and oxygen atoms in total. The molecule has 0 radical (unpaired) electrons. The van der Waals surface area contributed by atoms with E-state index in [1.807, 2.05) is 0 Å². The van der Waals surface area contributed by atoms with Gasteiger partial charge in [0.25, 0.3) is 0 Å². The lowest BCUT2D eigenvalue weighted by Crippen LogP contribution is -2.43. The predicted molar refractivity (Wildman–Crippen MR) is 39.9 cm³/mol. The molecule has 0 atom stereocenters. The first-order valence-electron chi connectivity index (χ1n) is 3.59. The van der Waals surface area contributed by atoms with Crippen molar-refractivity contribution in [3.05, 3.63) is 0 Å². The van der Waals surface area contributed by atoms with Gasteiger partial charge in [-0.25, -0.2) is 0 Å². The van der Waals surface area contributed by atoms with E-state index in [1.54, 1.807) is 0 Å². The summed E-state index contributed by atoms with van der Waals surface area (Å²) >= 11 is 3.57. The van der Waals surface area contributed by atoms with Gasteiger partial charge in [0.1, 0.15) is 0 Å². The highest BCUT2D eigenvalue weighted by Crippen LogP contribution is 2.46. The second-order valence-electron chi connectivity index (χ2n) is 3.14. The Morgan fingerprint density at radius 3 is 2.67 bits per heavy atom. The Balaban J connectivity index is 1.95. The van der Waals surface area contributed by atoms with Gasteiger partial charge in [-0.2, -0.15) is 0 Å². The van der Waals surface area contributed by atoms with Crippen LogP contribution in [0.3, 0.4) is 0 Å². The van der Waals surface area contributed by atoms with E-state index in [2.05, 4.69) is 15.9 Å². The van der Waals surface area contributed by atoms with Crippen LogP contribution in [0.25, 0.3) is 0 Å². The fourth-order valence-electron chi connectivity index (χ4n) is 1.82. The average Bonchev–Trinajstić information content (AvgIpc) is 2.12. The molecule has 1 heterocycles. The summed E-state index contributed by atoms with van der Waals surface area (Å²) in [4.78, 5) is 0.746. The molecule has 0 aromatic heterocycles. The van der Waals surface area contributed by atoms with Crippen LogP contribution in [0, 0.1) is 0 Å². The molecular formula is C7H11BrO. The van der Waals surface area contributed by atoms with Crippen LogP contribution in [0.2, 0.25) is 0 Å². The molecule has 52 valence electrons. The lowest BCUT2D eigenvalue weighted by atomic mass is 9.78. The second-order valence-corrected chi connectivity index (χ2v) is 4.44. The van der Waals surface area contributed by atoms with Crippen molar-refractivity contribution in [3.8, 4) is 0 Å². The summed E-state index contributed by atoms with van der Waals surface area (Å²) in [5.74, 6) is 0. The second kappa shape index (κ2) is 1.96. The van der Waals surface area contributed by atoms with Crippen molar-refractivity contribution in [2.75, 3.05) is 6.61 Å². The average molecular weight is 191 g/mol. The van der Waals surface area contributed by atoms with Gasteiger partial charge in [-0.1, -0.05) is 15.9 Å². The fourth-order valence-corrected chi connectivity index (χ4v) is 3.00. The van der Waals surface area contributed by atoms with Crippen molar-refractivity contribution in [1.29, 1.82) is 0 Å². The molecule has 1 spiro atoms. The highest BCUT2D eigenvalue weighted by Gasteiger charge is 2.46. The maximum Gasteiger partial charge on any atom is 0.0704 e. The Hall–Kier alpha value is 0.440. The van der Waals surface area contributed by atoms with E-state index >= 15 is 0 Å².